The van der Waals surface area contributed by atoms with Gasteiger partial charge in [0.1, 0.15) is 0 Å². The minimum atomic E-state index is 1.13. The van der Waals surface area contributed by atoms with Gasteiger partial charge in [0.25, 0.3) is 0 Å². The maximum absolute atomic E-state index is 3.51. The second-order valence-electron chi connectivity index (χ2n) is 6.48. The summed E-state index contributed by atoms with van der Waals surface area (Å²) in [7, 11) is 0. The first-order chi connectivity index (χ1) is 13.7. The molecule has 0 unspecified atom stereocenters. The second-order valence-corrected chi connectivity index (χ2v) is 10.5. The van der Waals surface area contributed by atoms with Gasteiger partial charge in [-0.15, -0.1) is 22.7 Å². The SMILES string of the molecule is Brc1ccc2sc3ccc(Br)cc3c2c1.c1ccc2c(c1)sc1ccccc12. The maximum Gasteiger partial charge on any atom is 0.0356 e. The molecular weight excluding hydrogens is 512 g/mol. The average molecular weight is 526 g/mol. The summed E-state index contributed by atoms with van der Waals surface area (Å²) in [5, 5.41) is 5.41. The van der Waals surface area contributed by atoms with Crippen molar-refractivity contribution >= 4 is 94.9 Å². The summed E-state index contributed by atoms with van der Waals surface area (Å²) in [5.74, 6) is 0. The first-order valence-corrected chi connectivity index (χ1v) is 12.0. The molecule has 0 saturated heterocycles. The van der Waals surface area contributed by atoms with Crippen LogP contribution in [0.3, 0.4) is 0 Å². The molecule has 0 saturated carbocycles. The highest BCUT2D eigenvalue weighted by Crippen LogP contribution is 2.36. The summed E-state index contributed by atoms with van der Waals surface area (Å²) in [6.45, 7) is 0. The van der Waals surface area contributed by atoms with E-state index in [4.69, 9.17) is 0 Å². The Morgan fingerprint density at radius 2 is 0.821 bits per heavy atom. The lowest BCUT2D eigenvalue weighted by molar-refractivity contribution is 1.75. The average Bonchev–Trinajstić information content (AvgIpc) is 3.26. The number of halogens is 2. The van der Waals surface area contributed by atoms with Gasteiger partial charge in [0, 0.05) is 49.3 Å². The summed E-state index contributed by atoms with van der Waals surface area (Å²) in [6, 6.07) is 30.0. The van der Waals surface area contributed by atoms with Crippen molar-refractivity contribution in [2.45, 2.75) is 0 Å². The Hall–Kier alpha value is -1.72. The third-order valence-corrected chi connectivity index (χ3v) is 7.97. The quantitative estimate of drug-likeness (QED) is 0.185. The number of fused-ring (bicyclic) bond motifs is 6. The zero-order valence-corrected chi connectivity index (χ0v) is 19.5. The molecule has 0 bridgehead atoms. The summed E-state index contributed by atoms with van der Waals surface area (Å²) in [6.07, 6.45) is 0. The lowest BCUT2D eigenvalue weighted by Gasteiger charge is -1.93. The first-order valence-electron chi connectivity index (χ1n) is 8.83. The Labute approximate surface area is 187 Å². The molecule has 0 N–H and O–H groups in total. The van der Waals surface area contributed by atoms with Crippen molar-refractivity contribution in [1.82, 2.24) is 0 Å². The number of hydrogen-bond acceptors (Lipinski definition) is 2. The fourth-order valence-electron chi connectivity index (χ4n) is 3.40. The minimum Gasteiger partial charge on any atom is -0.135 e. The van der Waals surface area contributed by atoms with Gasteiger partial charge in [-0.1, -0.05) is 68.3 Å². The molecule has 4 heteroatoms. The van der Waals surface area contributed by atoms with Gasteiger partial charge in [-0.3, -0.25) is 0 Å². The van der Waals surface area contributed by atoms with E-state index < -0.39 is 0 Å². The van der Waals surface area contributed by atoms with Crippen LogP contribution >= 0.6 is 54.5 Å². The molecule has 0 amide bonds. The van der Waals surface area contributed by atoms with Gasteiger partial charge in [-0.05, 0) is 48.5 Å². The first kappa shape index (κ1) is 18.3. The predicted octanol–water partition coefficient (Wildman–Crippen LogP) is 9.63. The second kappa shape index (κ2) is 7.60. The number of thiophene rings is 2. The van der Waals surface area contributed by atoms with Crippen molar-refractivity contribution in [3.63, 3.8) is 0 Å². The maximum atomic E-state index is 3.51. The van der Waals surface area contributed by atoms with E-state index in [9.17, 15) is 0 Å². The highest BCUT2D eigenvalue weighted by molar-refractivity contribution is 9.10. The molecule has 6 rings (SSSR count). The van der Waals surface area contributed by atoms with E-state index in [1.54, 1.807) is 0 Å². The number of rotatable bonds is 0. The molecule has 0 atom stereocenters. The molecule has 2 heterocycles. The predicted molar refractivity (Wildman–Crippen MR) is 134 cm³/mol. The summed E-state index contributed by atoms with van der Waals surface area (Å²) in [4.78, 5) is 0. The molecule has 0 aliphatic heterocycles. The van der Waals surface area contributed by atoms with Crippen LogP contribution in [0.4, 0.5) is 0 Å². The van der Waals surface area contributed by atoms with Crippen LogP contribution < -0.4 is 0 Å². The topological polar surface area (TPSA) is 0 Å². The van der Waals surface area contributed by atoms with Crippen molar-refractivity contribution in [2.24, 2.45) is 0 Å². The van der Waals surface area contributed by atoms with Crippen LogP contribution in [0.15, 0.2) is 93.9 Å². The van der Waals surface area contributed by atoms with E-state index in [1.807, 2.05) is 22.7 Å². The van der Waals surface area contributed by atoms with Crippen molar-refractivity contribution < 1.29 is 0 Å². The normalized spacial score (nSPS) is 11.2. The molecular formula is C24H14Br2S2. The van der Waals surface area contributed by atoms with Gasteiger partial charge in [0.05, 0.1) is 0 Å². The molecule has 136 valence electrons. The molecule has 0 aliphatic carbocycles. The van der Waals surface area contributed by atoms with Crippen molar-refractivity contribution in [2.75, 3.05) is 0 Å². The zero-order valence-electron chi connectivity index (χ0n) is 14.7. The fourth-order valence-corrected chi connectivity index (χ4v) is 6.29. The summed E-state index contributed by atoms with van der Waals surface area (Å²) >= 11 is 10.7. The number of hydrogen-bond donors (Lipinski definition) is 0. The molecule has 4 aromatic carbocycles. The van der Waals surface area contributed by atoms with Gasteiger partial charge in [0.2, 0.25) is 0 Å². The van der Waals surface area contributed by atoms with E-state index in [0.717, 1.165) is 8.95 Å². The third-order valence-electron chi connectivity index (χ3n) is 4.68. The smallest absolute Gasteiger partial charge is 0.0356 e. The van der Waals surface area contributed by atoms with Crippen LogP contribution in [-0.4, -0.2) is 0 Å². The third kappa shape index (κ3) is 3.39. The fraction of sp³-hybridized carbons (Fsp3) is 0. The zero-order chi connectivity index (χ0) is 19.1. The molecule has 2 aromatic heterocycles. The lowest BCUT2D eigenvalue weighted by Crippen LogP contribution is -1.67. The van der Waals surface area contributed by atoms with Crippen LogP contribution in [0.1, 0.15) is 0 Å². The van der Waals surface area contributed by atoms with Crippen LogP contribution in [0.25, 0.3) is 40.3 Å². The molecule has 0 radical (unpaired) electrons. The highest BCUT2D eigenvalue weighted by Gasteiger charge is 2.05. The molecule has 28 heavy (non-hydrogen) atoms. The van der Waals surface area contributed by atoms with E-state index in [-0.39, 0.29) is 0 Å². The Morgan fingerprint density at radius 3 is 1.29 bits per heavy atom. The Kier molecular flexibility index (Phi) is 4.97. The van der Waals surface area contributed by atoms with E-state index in [0.29, 0.717) is 0 Å². The molecule has 0 fully saturated rings. The van der Waals surface area contributed by atoms with Crippen LogP contribution in [-0.2, 0) is 0 Å². The Balaban J connectivity index is 0.000000123. The van der Waals surface area contributed by atoms with Gasteiger partial charge in [0.15, 0.2) is 0 Å². The van der Waals surface area contributed by atoms with E-state index in [1.165, 1.54) is 40.3 Å². The van der Waals surface area contributed by atoms with Crippen LogP contribution in [0.5, 0.6) is 0 Å². The van der Waals surface area contributed by atoms with Crippen molar-refractivity contribution in [1.29, 1.82) is 0 Å². The monoisotopic (exact) mass is 524 g/mol. The lowest BCUT2D eigenvalue weighted by atomic mass is 10.2. The standard InChI is InChI=1S/C12H6Br2S.C12H8S/c13-7-1-3-11-9(5-7)10-6-8(14)2-4-12(10)15-11;1-3-7-11-9(5-1)10-6-2-4-8-12(10)13-11/h1-6H;1-8H. The highest BCUT2D eigenvalue weighted by atomic mass is 79.9. The van der Waals surface area contributed by atoms with E-state index >= 15 is 0 Å². The summed E-state index contributed by atoms with van der Waals surface area (Å²) in [5.41, 5.74) is 0. The molecule has 0 aliphatic rings. The Morgan fingerprint density at radius 1 is 0.429 bits per heavy atom. The Bertz CT molecular complexity index is 1340. The molecule has 0 nitrogen and oxygen atoms in total. The number of benzene rings is 4. The van der Waals surface area contributed by atoms with Crippen molar-refractivity contribution in [3.8, 4) is 0 Å². The largest absolute Gasteiger partial charge is 0.135 e. The van der Waals surface area contributed by atoms with Gasteiger partial charge in [-0.25, -0.2) is 0 Å². The van der Waals surface area contributed by atoms with Gasteiger partial charge < -0.3 is 0 Å². The van der Waals surface area contributed by atoms with Gasteiger partial charge in [-0.2, -0.15) is 0 Å². The van der Waals surface area contributed by atoms with Crippen molar-refractivity contribution in [3.05, 3.63) is 93.9 Å². The van der Waals surface area contributed by atoms with Crippen LogP contribution in [0, 0.1) is 0 Å². The van der Waals surface area contributed by atoms with Crippen LogP contribution in [0.2, 0.25) is 0 Å². The molecule has 0 spiro atoms. The molecule has 6 aromatic rings. The van der Waals surface area contributed by atoms with Gasteiger partial charge >= 0.3 is 0 Å². The minimum absolute atomic E-state index is 1.13. The summed E-state index contributed by atoms with van der Waals surface area (Å²) < 4.78 is 7.70. The van der Waals surface area contributed by atoms with E-state index in [2.05, 4.69) is 117 Å².